The molecule has 2 aromatic rings. The van der Waals surface area contributed by atoms with Crippen molar-refractivity contribution in [1.82, 2.24) is 4.98 Å². The first-order valence-electron chi connectivity index (χ1n) is 4.24. The zero-order valence-corrected chi connectivity index (χ0v) is 7.65. The number of aromatic nitrogens is 1. The Balaban J connectivity index is 2.72. The molecule has 1 heterocycles. The summed E-state index contributed by atoms with van der Waals surface area (Å²) in [6.07, 6.45) is 1.39. The van der Waals surface area contributed by atoms with Crippen LogP contribution in [0.25, 0.3) is 10.9 Å². The van der Waals surface area contributed by atoms with E-state index in [4.69, 9.17) is 10.8 Å². The van der Waals surface area contributed by atoms with Crippen molar-refractivity contribution in [3.05, 3.63) is 35.5 Å². The maximum atomic E-state index is 10.9. The molecular weight excluding hydrogens is 196 g/mol. The molecule has 0 saturated heterocycles. The molecule has 1 aromatic heterocycles. The number of benzene rings is 1. The second-order valence-corrected chi connectivity index (χ2v) is 3.13. The van der Waals surface area contributed by atoms with Crippen LogP contribution in [0.5, 0.6) is 0 Å². The highest BCUT2D eigenvalue weighted by molar-refractivity contribution is 6.06. The molecule has 0 aliphatic heterocycles. The van der Waals surface area contributed by atoms with Crippen molar-refractivity contribution in [2.75, 3.05) is 0 Å². The molecule has 5 nitrogen and oxygen atoms in total. The van der Waals surface area contributed by atoms with E-state index in [1.165, 1.54) is 12.3 Å². The Kier molecular flexibility index (Phi) is 1.93. The molecule has 76 valence electrons. The van der Waals surface area contributed by atoms with Crippen LogP contribution in [0.1, 0.15) is 20.7 Å². The van der Waals surface area contributed by atoms with E-state index in [-0.39, 0.29) is 5.56 Å². The highest BCUT2D eigenvalue weighted by atomic mass is 16.4. The lowest BCUT2D eigenvalue weighted by Crippen LogP contribution is -2.10. The third-order valence-corrected chi connectivity index (χ3v) is 2.20. The normalized spacial score (nSPS) is 10.4. The molecule has 0 spiro atoms. The summed E-state index contributed by atoms with van der Waals surface area (Å²) in [7, 11) is 0. The van der Waals surface area contributed by atoms with Gasteiger partial charge in [0.15, 0.2) is 0 Å². The van der Waals surface area contributed by atoms with Crippen molar-refractivity contribution in [1.29, 1.82) is 0 Å². The van der Waals surface area contributed by atoms with Gasteiger partial charge in [0.1, 0.15) is 0 Å². The standard InChI is InChI=1S/C10H8N2O3/c11-9(13)5-1-2-8-6(3-5)7(4-12-8)10(14)15/h1-4,12H,(H2,11,13)(H,14,15). The summed E-state index contributed by atoms with van der Waals surface area (Å²) in [5.74, 6) is -1.61. The monoisotopic (exact) mass is 204 g/mol. The molecule has 0 unspecified atom stereocenters. The summed E-state index contributed by atoms with van der Waals surface area (Å²) in [5.41, 5.74) is 6.20. The van der Waals surface area contributed by atoms with Crippen molar-refractivity contribution in [2.45, 2.75) is 0 Å². The van der Waals surface area contributed by atoms with Crippen LogP contribution < -0.4 is 5.73 Å². The first-order chi connectivity index (χ1) is 7.09. The number of carboxylic acid groups (broad SMARTS) is 1. The molecule has 5 heteroatoms. The van der Waals surface area contributed by atoms with Gasteiger partial charge in [-0.25, -0.2) is 4.79 Å². The van der Waals surface area contributed by atoms with Gasteiger partial charge in [-0.1, -0.05) is 0 Å². The van der Waals surface area contributed by atoms with Gasteiger partial charge in [-0.05, 0) is 18.2 Å². The summed E-state index contributed by atoms with van der Waals surface area (Å²) in [4.78, 5) is 24.5. The highest BCUT2D eigenvalue weighted by Crippen LogP contribution is 2.19. The van der Waals surface area contributed by atoms with Crippen molar-refractivity contribution >= 4 is 22.8 Å². The first kappa shape index (κ1) is 9.26. The van der Waals surface area contributed by atoms with E-state index in [1.54, 1.807) is 12.1 Å². The van der Waals surface area contributed by atoms with Crippen LogP contribution in [0.3, 0.4) is 0 Å². The van der Waals surface area contributed by atoms with Gasteiger partial charge in [-0.15, -0.1) is 0 Å². The lowest BCUT2D eigenvalue weighted by molar-refractivity contribution is 0.0698. The van der Waals surface area contributed by atoms with Gasteiger partial charge in [0, 0.05) is 22.7 Å². The lowest BCUT2D eigenvalue weighted by atomic mass is 10.1. The maximum absolute atomic E-state index is 10.9. The second-order valence-electron chi connectivity index (χ2n) is 3.13. The molecule has 0 fully saturated rings. The Hall–Kier alpha value is -2.30. The van der Waals surface area contributed by atoms with Crippen LogP contribution in [-0.2, 0) is 0 Å². The summed E-state index contributed by atoms with van der Waals surface area (Å²) in [5, 5.41) is 9.35. The fourth-order valence-electron chi connectivity index (χ4n) is 1.45. The minimum absolute atomic E-state index is 0.133. The number of hydrogen-bond donors (Lipinski definition) is 3. The third-order valence-electron chi connectivity index (χ3n) is 2.20. The van der Waals surface area contributed by atoms with Gasteiger partial charge in [-0.2, -0.15) is 0 Å². The fourth-order valence-corrected chi connectivity index (χ4v) is 1.45. The zero-order valence-electron chi connectivity index (χ0n) is 7.65. The largest absolute Gasteiger partial charge is 0.478 e. The average molecular weight is 204 g/mol. The smallest absolute Gasteiger partial charge is 0.337 e. The number of primary amides is 1. The first-order valence-corrected chi connectivity index (χ1v) is 4.24. The zero-order chi connectivity index (χ0) is 11.0. The van der Waals surface area contributed by atoms with Crippen LogP contribution in [0.15, 0.2) is 24.4 Å². The van der Waals surface area contributed by atoms with Gasteiger partial charge in [0.25, 0.3) is 0 Å². The minimum atomic E-state index is -1.04. The number of carbonyl (C=O) groups is 2. The molecule has 4 N–H and O–H groups in total. The van der Waals surface area contributed by atoms with Gasteiger partial charge >= 0.3 is 5.97 Å². The van der Waals surface area contributed by atoms with Crippen molar-refractivity contribution in [3.63, 3.8) is 0 Å². The Morgan fingerprint density at radius 2 is 2.07 bits per heavy atom. The summed E-state index contributed by atoms with van der Waals surface area (Å²) >= 11 is 0. The predicted molar refractivity (Wildman–Crippen MR) is 53.8 cm³/mol. The molecule has 1 amide bonds. The number of fused-ring (bicyclic) bond motifs is 1. The molecule has 0 radical (unpaired) electrons. The maximum Gasteiger partial charge on any atom is 0.337 e. The van der Waals surface area contributed by atoms with Crippen LogP contribution in [0.2, 0.25) is 0 Å². The van der Waals surface area contributed by atoms with Gasteiger partial charge in [0.05, 0.1) is 5.56 Å². The molecule has 0 bridgehead atoms. The van der Waals surface area contributed by atoms with E-state index in [0.29, 0.717) is 16.5 Å². The fraction of sp³-hybridized carbons (Fsp3) is 0. The number of aromatic amines is 1. The van der Waals surface area contributed by atoms with Crippen LogP contribution in [-0.4, -0.2) is 22.0 Å². The molecule has 0 saturated carbocycles. The highest BCUT2D eigenvalue weighted by Gasteiger charge is 2.11. The minimum Gasteiger partial charge on any atom is -0.478 e. The number of rotatable bonds is 2. The van der Waals surface area contributed by atoms with Crippen LogP contribution in [0.4, 0.5) is 0 Å². The lowest BCUT2D eigenvalue weighted by Gasteiger charge is -1.96. The number of carboxylic acids is 1. The number of hydrogen-bond acceptors (Lipinski definition) is 2. The SMILES string of the molecule is NC(=O)c1ccc2[nH]cc(C(=O)O)c2c1. The van der Waals surface area contributed by atoms with Crippen LogP contribution >= 0.6 is 0 Å². The van der Waals surface area contributed by atoms with Crippen LogP contribution in [0, 0.1) is 0 Å². The second kappa shape index (κ2) is 3.13. The quantitative estimate of drug-likeness (QED) is 0.679. The Morgan fingerprint density at radius 3 is 2.67 bits per heavy atom. The number of aromatic carboxylic acids is 1. The van der Waals surface area contributed by atoms with E-state index < -0.39 is 11.9 Å². The Morgan fingerprint density at radius 1 is 1.33 bits per heavy atom. The van der Waals surface area contributed by atoms with E-state index in [0.717, 1.165) is 0 Å². The number of nitrogens with one attached hydrogen (secondary N) is 1. The molecule has 0 aliphatic carbocycles. The average Bonchev–Trinajstić information content (AvgIpc) is 2.59. The molecule has 1 aromatic carbocycles. The van der Waals surface area contributed by atoms with E-state index in [1.807, 2.05) is 0 Å². The summed E-state index contributed by atoms with van der Waals surface area (Å²) in [6, 6.07) is 4.65. The van der Waals surface area contributed by atoms with Crippen molar-refractivity contribution < 1.29 is 14.7 Å². The number of H-pyrrole nitrogens is 1. The van der Waals surface area contributed by atoms with Gasteiger partial charge in [-0.3, -0.25) is 4.79 Å². The Bertz CT molecular complexity index is 557. The van der Waals surface area contributed by atoms with E-state index in [2.05, 4.69) is 4.98 Å². The van der Waals surface area contributed by atoms with Gasteiger partial charge < -0.3 is 15.8 Å². The van der Waals surface area contributed by atoms with Gasteiger partial charge in [0.2, 0.25) is 5.91 Å². The van der Waals surface area contributed by atoms with E-state index >= 15 is 0 Å². The van der Waals surface area contributed by atoms with Crippen molar-refractivity contribution in [3.8, 4) is 0 Å². The number of nitrogens with two attached hydrogens (primary N) is 1. The molecule has 2 rings (SSSR count). The molecular formula is C10H8N2O3. The number of carbonyl (C=O) groups excluding carboxylic acids is 1. The Labute approximate surface area is 84.5 Å². The summed E-state index contributed by atoms with van der Waals surface area (Å²) < 4.78 is 0. The molecule has 0 atom stereocenters. The number of amides is 1. The van der Waals surface area contributed by atoms with E-state index in [9.17, 15) is 9.59 Å². The predicted octanol–water partition coefficient (Wildman–Crippen LogP) is 0.965. The van der Waals surface area contributed by atoms with Crippen molar-refractivity contribution in [2.24, 2.45) is 5.73 Å². The summed E-state index contributed by atoms with van der Waals surface area (Å²) in [6.45, 7) is 0. The topological polar surface area (TPSA) is 96.2 Å². The third kappa shape index (κ3) is 1.43. The molecule has 15 heavy (non-hydrogen) atoms. The molecule has 0 aliphatic rings.